The molecule has 1 aliphatic heterocycles. The van der Waals surface area contributed by atoms with E-state index in [1.54, 1.807) is 6.26 Å². The summed E-state index contributed by atoms with van der Waals surface area (Å²) in [5, 5.41) is 6.19. The molecule has 5 heteroatoms. The van der Waals surface area contributed by atoms with Crippen molar-refractivity contribution in [1.82, 2.24) is 10.6 Å². The predicted molar refractivity (Wildman–Crippen MR) is 107 cm³/mol. The highest BCUT2D eigenvalue weighted by Gasteiger charge is 2.50. The van der Waals surface area contributed by atoms with Crippen molar-refractivity contribution >= 4 is 11.8 Å². The third-order valence-corrected chi connectivity index (χ3v) is 7.48. The molecule has 1 saturated heterocycles. The van der Waals surface area contributed by atoms with E-state index in [0.717, 1.165) is 24.5 Å². The van der Waals surface area contributed by atoms with Gasteiger partial charge in [-0.15, -0.1) is 0 Å². The standard InChI is InChI=1S/C23H32N2O3/c1-22(2)17-6-5-16(19(22)14-17)9-12-24-20(26)7-10-23(11-8-21(27)25-23)15-18-4-3-13-28-18/h3-5,13,17,19H,6-12,14-15H2,1-2H3,(H,24,26)(H,25,27)/t17-,19-,23-/m0/s1. The minimum Gasteiger partial charge on any atom is -0.469 e. The predicted octanol–water partition coefficient (Wildman–Crippen LogP) is 3.75. The number of nitrogens with one attached hydrogen (secondary N) is 2. The van der Waals surface area contributed by atoms with Gasteiger partial charge in [-0.2, -0.15) is 0 Å². The average Bonchev–Trinajstić information content (AvgIpc) is 3.30. The van der Waals surface area contributed by atoms with Crippen molar-refractivity contribution in [2.45, 2.75) is 70.8 Å². The highest BCUT2D eigenvalue weighted by Crippen LogP contribution is 2.59. The van der Waals surface area contributed by atoms with Gasteiger partial charge in [0, 0.05) is 31.3 Å². The summed E-state index contributed by atoms with van der Waals surface area (Å²) in [6.07, 6.45) is 10.5. The SMILES string of the molecule is CC1(C)[C@H]2CC=C(CCNC(=O)CC[C@@]3(Cc4ccco4)CCC(=O)N3)[C@@H]1C2. The van der Waals surface area contributed by atoms with Crippen LogP contribution in [0.3, 0.4) is 0 Å². The van der Waals surface area contributed by atoms with E-state index in [2.05, 4.69) is 30.6 Å². The molecule has 1 saturated carbocycles. The lowest BCUT2D eigenvalue weighted by Crippen LogP contribution is -2.48. The molecular weight excluding hydrogens is 352 g/mol. The molecule has 5 rings (SSSR count). The summed E-state index contributed by atoms with van der Waals surface area (Å²) in [7, 11) is 0. The summed E-state index contributed by atoms with van der Waals surface area (Å²) in [5.74, 6) is 2.55. The van der Waals surface area contributed by atoms with Gasteiger partial charge in [0.2, 0.25) is 11.8 Å². The van der Waals surface area contributed by atoms with E-state index in [1.165, 1.54) is 18.4 Å². The number of hydrogen-bond acceptors (Lipinski definition) is 3. The first-order chi connectivity index (χ1) is 13.4. The molecular formula is C23H32N2O3. The molecule has 2 amide bonds. The molecule has 2 N–H and O–H groups in total. The van der Waals surface area contributed by atoms with Gasteiger partial charge in [-0.25, -0.2) is 0 Å². The van der Waals surface area contributed by atoms with Crippen LogP contribution in [0.4, 0.5) is 0 Å². The molecule has 28 heavy (non-hydrogen) atoms. The Morgan fingerprint density at radius 3 is 2.89 bits per heavy atom. The lowest BCUT2D eigenvalue weighted by Gasteiger charge is -2.56. The number of carbonyl (C=O) groups excluding carboxylic acids is 2. The smallest absolute Gasteiger partial charge is 0.220 e. The maximum absolute atomic E-state index is 12.4. The average molecular weight is 385 g/mol. The van der Waals surface area contributed by atoms with Crippen molar-refractivity contribution in [2.24, 2.45) is 17.3 Å². The lowest BCUT2D eigenvalue weighted by molar-refractivity contribution is -0.122. The van der Waals surface area contributed by atoms with E-state index in [0.29, 0.717) is 43.6 Å². The summed E-state index contributed by atoms with van der Waals surface area (Å²) in [5.41, 5.74) is 1.61. The summed E-state index contributed by atoms with van der Waals surface area (Å²) in [6.45, 7) is 5.47. The van der Waals surface area contributed by atoms with Crippen molar-refractivity contribution in [2.75, 3.05) is 6.54 Å². The molecule has 3 aliphatic carbocycles. The zero-order chi connectivity index (χ0) is 19.8. The van der Waals surface area contributed by atoms with Crippen molar-refractivity contribution in [3.8, 4) is 0 Å². The van der Waals surface area contributed by atoms with Crippen LogP contribution in [0.2, 0.25) is 0 Å². The molecule has 2 bridgehead atoms. The first kappa shape index (κ1) is 19.3. The molecule has 0 unspecified atom stereocenters. The van der Waals surface area contributed by atoms with Crippen LogP contribution < -0.4 is 10.6 Å². The van der Waals surface area contributed by atoms with Crippen LogP contribution in [0, 0.1) is 17.3 Å². The van der Waals surface area contributed by atoms with Crippen LogP contribution in [0.15, 0.2) is 34.5 Å². The summed E-state index contributed by atoms with van der Waals surface area (Å²) >= 11 is 0. The summed E-state index contributed by atoms with van der Waals surface area (Å²) in [4.78, 5) is 24.2. The molecule has 1 aromatic heterocycles. The van der Waals surface area contributed by atoms with Crippen LogP contribution in [0.5, 0.6) is 0 Å². The van der Waals surface area contributed by atoms with Crippen LogP contribution in [0.25, 0.3) is 0 Å². The van der Waals surface area contributed by atoms with E-state index >= 15 is 0 Å². The first-order valence-corrected chi connectivity index (χ1v) is 10.7. The fourth-order valence-electron chi connectivity index (χ4n) is 5.47. The molecule has 4 aliphatic rings. The first-order valence-electron chi connectivity index (χ1n) is 10.7. The molecule has 1 aromatic rings. The Morgan fingerprint density at radius 1 is 1.39 bits per heavy atom. The molecule has 2 heterocycles. The fraction of sp³-hybridized carbons (Fsp3) is 0.652. The van der Waals surface area contributed by atoms with Crippen LogP contribution in [-0.2, 0) is 16.0 Å². The molecule has 3 atom stereocenters. The number of rotatable bonds is 8. The largest absolute Gasteiger partial charge is 0.469 e. The number of fused-ring (bicyclic) bond motifs is 1. The molecule has 152 valence electrons. The van der Waals surface area contributed by atoms with E-state index in [1.807, 2.05) is 12.1 Å². The second-order valence-electron chi connectivity index (χ2n) is 9.51. The van der Waals surface area contributed by atoms with E-state index < -0.39 is 0 Å². The Morgan fingerprint density at radius 2 is 2.25 bits per heavy atom. The minimum atomic E-state index is -0.358. The number of carbonyl (C=O) groups is 2. The van der Waals surface area contributed by atoms with Gasteiger partial charge in [0.25, 0.3) is 0 Å². The fourth-order valence-corrected chi connectivity index (χ4v) is 5.47. The summed E-state index contributed by atoms with van der Waals surface area (Å²) in [6, 6.07) is 3.79. The van der Waals surface area contributed by atoms with E-state index in [-0.39, 0.29) is 17.4 Å². The van der Waals surface area contributed by atoms with Crippen molar-refractivity contribution < 1.29 is 14.0 Å². The van der Waals surface area contributed by atoms with Crippen molar-refractivity contribution in [1.29, 1.82) is 0 Å². The Kier molecular flexibility index (Phi) is 5.11. The number of allylic oxidation sites excluding steroid dienone is 1. The normalized spacial score (nSPS) is 30.4. The zero-order valence-electron chi connectivity index (χ0n) is 17.1. The lowest BCUT2D eigenvalue weighted by atomic mass is 9.48. The second kappa shape index (κ2) is 7.41. The topological polar surface area (TPSA) is 71.3 Å². The maximum atomic E-state index is 12.4. The van der Waals surface area contributed by atoms with Gasteiger partial charge in [0.05, 0.1) is 6.26 Å². The Balaban J connectivity index is 1.24. The van der Waals surface area contributed by atoms with Gasteiger partial charge in [0.15, 0.2) is 0 Å². The minimum absolute atomic E-state index is 0.0672. The highest BCUT2D eigenvalue weighted by atomic mass is 16.3. The quantitative estimate of drug-likeness (QED) is 0.671. The zero-order valence-corrected chi connectivity index (χ0v) is 17.1. The molecule has 0 spiro atoms. The van der Waals surface area contributed by atoms with E-state index in [9.17, 15) is 9.59 Å². The van der Waals surface area contributed by atoms with Gasteiger partial charge in [0.1, 0.15) is 5.76 Å². The van der Waals surface area contributed by atoms with E-state index in [4.69, 9.17) is 4.42 Å². The van der Waals surface area contributed by atoms with Crippen molar-refractivity contribution in [3.05, 3.63) is 35.8 Å². The van der Waals surface area contributed by atoms with Crippen molar-refractivity contribution in [3.63, 3.8) is 0 Å². The Hall–Kier alpha value is -2.04. The molecule has 5 nitrogen and oxygen atoms in total. The summed E-state index contributed by atoms with van der Waals surface area (Å²) < 4.78 is 5.47. The van der Waals surface area contributed by atoms with Crippen LogP contribution >= 0.6 is 0 Å². The van der Waals surface area contributed by atoms with Gasteiger partial charge in [-0.3, -0.25) is 9.59 Å². The van der Waals surface area contributed by atoms with Gasteiger partial charge >= 0.3 is 0 Å². The maximum Gasteiger partial charge on any atom is 0.220 e. The third kappa shape index (κ3) is 3.76. The number of amides is 2. The second-order valence-corrected chi connectivity index (χ2v) is 9.51. The Bertz CT molecular complexity index is 765. The monoisotopic (exact) mass is 384 g/mol. The molecule has 0 aromatic carbocycles. The Labute approximate surface area is 167 Å². The van der Waals surface area contributed by atoms with Crippen LogP contribution in [-0.4, -0.2) is 23.9 Å². The molecule has 2 fully saturated rings. The highest BCUT2D eigenvalue weighted by molar-refractivity contribution is 5.80. The van der Waals surface area contributed by atoms with Gasteiger partial charge in [-0.1, -0.05) is 25.5 Å². The van der Waals surface area contributed by atoms with Gasteiger partial charge < -0.3 is 15.1 Å². The van der Waals surface area contributed by atoms with Crippen LogP contribution in [0.1, 0.15) is 64.6 Å². The number of furan rings is 1. The van der Waals surface area contributed by atoms with Gasteiger partial charge in [-0.05, 0) is 61.5 Å². The molecule has 0 radical (unpaired) electrons. The number of hydrogen-bond donors (Lipinski definition) is 2. The third-order valence-electron chi connectivity index (χ3n) is 7.48.